The van der Waals surface area contributed by atoms with Crippen molar-refractivity contribution >= 4 is 21.6 Å². The number of hydrogen-bond acceptors (Lipinski definition) is 4. The highest BCUT2D eigenvalue weighted by atomic mass is 32.2. The molecule has 1 N–H and O–H groups in total. The minimum atomic E-state index is -3.30. The number of nitrogens with one attached hydrogen (secondary N) is 1. The summed E-state index contributed by atoms with van der Waals surface area (Å²) in [5.41, 5.74) is 2.21. The van der Waals surface area contributed by atoms with Crippen LogP contribution in [-0.2, 0) is 16.4 Å². The van der Waals surface area contributed by atoms with Crippen molar-refractivity contribution in [2.75, 3.05) is 36.7 Å². The van der Waals surface area contributed by atoms with Crippen molar-refractivity contribution in [1.82, 2.24) is 10.2 Å². The van der Waals surface area contributed by atoms with Crippen molar-refractivity contribution in [3.05, 3.63) is 29.3 Å². The Balaban J connectivity index is 1.52. The number of amides is 1. The van der Waals surface area contributed by atoms with Crippen molar-refractivity contribution in [2.24, 2.45) is 5.92 Å². The fourth-order valence-electron chi connectivity index (χ4n) is 4.14. The van der Waals surface area contributed by atoms with Crippen LogP contribution in [0, 0.1) is 5.92 Å². The van der Waals surface area contributed by atoms with Gasteiger partial charge in [0.25, 0.3) is 5.91 Å². The number of carbonyl (C=O) groups excluding carboxylic acids is 1. The Hall–Kier alpha value is -1.60. The second-order valence-electron chi connectivity index (χ2n) is 8.09. The van der Waals surface area contributed by atoms with Crippen LogP contribution in [0.4, 0.5) is 5.69 Å². The quantitative estimate of drug-likeness (QED) is 0.753. The molecule has 1 aromatic rings. The van der Waals surface area contributed by atoms with Gasteiger partial charge in [0.1, 0.15) is 0 Å². The molecule has 1 atom stereocenters. The molecule has 2 aliphatic rings. The first-order valence-corrected chi connectivity index (χ1v) is 11.7. The van der Waals surface area contributed by atoms with E-state index in [1.54, 1.807) is 12.1 Å². The Morgan fingerprint density at radius 1 is 1.22 bits per heavy atom. The largest absolute Gasteiger partial charge is 0.352 e. The van der Waals surface area contributed by atoms with Gasteiger partial charge in [-0.05, 0) is 81.9 Å². The van der Waals surface area contributed by atoms with Gasteiger partial charge >= 0.3 is 0 Å². The molecule has 1 amide bonds. The first kappa shape index (κ1) is 20.1. The zero-order valence-corrected chi connectivity index (χ0v) is 17.4. The third-order valence-corrected chi connectivity index (χ3v) is 6.94. The maximum absolute atomic E-state index is 12.4. The molecule has 0 bridgehead atoms. The van der Waals surface area contributed by atoms with E-state index in [-0.39, 0.29) is 11.9 Å². The van der Waals surface area contributed by atoms with Gasteiger partial charge in [-0.15, -0.1) is 0 Å². The fourth-order valence-corrected chi connectivity index (χ4v) is 5.41. The van der Waals surface area contributed by atoms with E-state index in [2.05, 4.69) is 17.1 Å². The van der Waals surface area contributed by atoms with Crippen LogP contribution in [0.2, 0.25) is 0 Å². The van der Waals surface area contributed by atoms with Crippen LogP contribution in [0.15, 0.2) is 18.2 Å². The van der Waals surface area contributed by atoms with Crippen molar-refractivity contribution in [2.45, 2.75) is 45.6 Å². The normalized spacial score (nSPS) is 21.3. The molecule has 150 valence electrons. The lowest BCUT2D eigenvalue weighted by Gasteiger charge is -2.30. The van der Waals surface area contributed by atoms with Gasteiger partial charge in [0.15, 0.2) is 0 Å². The van der Waals surface area contributed by atoms with Gasteiger partial charge in [0.2, 0.25) is 10.0 Å². The zero-order valence-electron chi connectivity index (χ0n) is 16.6. The molecule has 0 spiro atoms. The number of likely N-dealkylation sites (tertiary alicyclic amines) is 1. The molecule has 0 aliphatic carbocycles. The lowest BCUT2D eigenvalue weighted by atomic mass is 9.99. The summed E-state index contributed by atoms with van der Waals surface area (Å²) >= 11 is 0. The summed E-state index contributed by atoms with van der Waals surface area (Å²) in [4.78, 5) is 14.9. The van der Waals surface area contributed by atoms with E-state index in [4.69, 9.17) is 0 Å². The van der Waals surface area contributed by atoms with Gasteiger partial charge in [-0.25, -0.2) is 8.42 Å². The topological polar surface area (TPSA) is 69.7 Å². The Kier molecular flexibility index (Phi) is 6.11. The smallest absolute Gasteiger partial charge is 0.251 e. The highest BCUT2D eigenvalue weighted by molar-refractivity contribution is 7.92. The molecule has 2 heterocycles. The second-order valence-corrected chi connectivity index (χ2v) is 9.95. The minimum absolute atomic E-state index is 0.0875. The third kappa shape index (κ3) is 4.82. The van der Waals surface area contributed by atoms with E-state index < -0.39 is 10.0 Å². The number of anilines is 1. The minimum Gasteiger partial charge on any atom is -0.352 e. The van der Waals surface area contributed by atoms with E-state index in [9.17, 15) is 13.2 Å². The maximum atomic E-state index is 12.4. The van der Waals surface area contributed by atoms with E-state index >= 15 is 0 Å². The van der Waals surface area contributed by atoms with Gasteiger partial charge in [-0.2, -0.15) is 0 Å². The lowest BCUT2D eigenvalue weighted by molar-refractivity contribution is 0.0950. The van der Waals surface area contributed by atoms with Crippen LogP contribution in [0.1, 0.15) is 49.0 Å². The summed E-state index contributed by atoms with van der Waals surface area (Å²) in [5.74, 6) is 0.748. The van der Waals surface area contributed by atoms with Crippen molar-refractivity contribution in [3.63, 3.8) is 0 Å². The molecule has 2 aliphatic heterocycles. The monoisotopic (exact) mass is 393 g/mol. The number of sulfonamides is 1. The van der Waals surface area contributed by atoms with E-state index in [0.717, 1.165) is 37.5 Å². The number of fused-ring (bicyclic) bond motifs is 1. The predicted octanol–water partition coefficient (Wildman–Crippen LogP) is 2.25. The van der Waals surface area contributed by atoms with Gasteiger partial charge in [-0.3, -0.25) is 9.10 Å². The van der Waals surface area contributed by atoms with Crippen LogP contribution in [-0.4, -0.2) is 57.7 Å². The summed E-state index contributed by atoms with van der Waals surface area (Å²) in [5, 5.41) is 2.99. The number of hydrogen-bond donors (Lipinski definition) is 1. The summed E-state index contributed by atoms with van der Waals surface area (Å²) in [6.45, 7) is 8.21. The Morgan fingerprint density at radius 2 is 1.93 bits per heavy atom. The molecule has 27 heavy (non-hydrogen) atoms. The lowest BCUT2D eigenvalue weighted by Crippen LogP contribution is -2.35. The number of rotatable bonds is 6. The van der Waals surface area contributed by atoms with Crippen molar-refractivity contribution in [3.8, 4) is 0 Å². The Bertz CT molecular complexity index is 786. The molecule has 1 aromatic carbocycles. The van der Waals surface area contributed by atoms with Gasteiger partial charge in [-0.1, -0.05) is 6.92 Å². The van der Waals surface area contributed by atoms with Crippen LogP contribution in [0.25, 0.3) is 0 Å². The highest BCUT2D eigenvalue weighted by Crippen LogP contribution is 2.34. The third-order valence-electron chi connectivity index (χ3n) is 5.67. The van der Waals surface area contributed by atoms with Crippen LogP contribution < -0.4 is 9.62 Å². The summed E-state index contributed by atoms with van der Waals surface area (Å²) in [6, 6.07) is 5.19. The average molecular weight is 394 g/mol. The van der Waals surface area contributed by atoms with Gasteiger partial charge in [0, 0.05) is 18.2 Å². The molecule has 3 rings (SSSR count). The molecule has 7 heteroatoms. The molecule has 6 nitrogen and oxygen atoms in total. The molecular weight excluding hydrogens is 362 g/mol. The second kappa shape index (κ2) is 8.19. The van der Waals surface area contributed by atoms with E-state index in [1.165, 1.54) is 23.4 Å². The Morgan fingerprint density at radius 3 is 2.59 bits per heavy atom. The number of piperidine rings is 1. The summed E-state index contributed by atoms with van der Waals surface area (Å²) in [6.07, 6.45) is 5.35. The molecule has 1 fully saturated rings. The van der Waals surface area contributed by atoms with Crippen molar-refractivity contribution < 1.29 is 13.2 Å². The summed E-state index contributed by atoms with van der Waals surface area (Å²) < 4.78 is 25.4. The molecule has 1 saturated heterocycles. The Labute approximate surface area is 163 Å². The van der Waals surface area contributed by atoms with Crippen LogP contribution in [0.5, 0.6) is 0 Å². The molecule has 0 radical (unpaired) electrons. The zero-order chi connectivity index (χ0) is 19.6. The molecular formula is C20H31N3O3S. The number of carbonyl (C=O) groups is 1. The molecule has 0 saturated carbocycles. The first-order valence-electron chi connectivity index (χ1n) is 9.88. The van der Waals surface area contributed by atoms with Gasteiger partial charge in [0.05, 0.1) is 11.9 Å². The first-order chi connectivity index (χ1) is 12.8. The van der Waals surface area contributed by atoms with Gasteiger partial charge < -0.3 is 10.2 Å². The highest BCUT2D eigenvalue weighted by Gasteiger charge is 2.32. The summed E-state index contributed by atoms with van der Waals surface area (Å²) in [7, 11) is -3.30. The van der Waals surface area contributed by atoms with Crippen LogP contribution >= 0.6 is 0 Å². The van der Waals surface area contributed by atoms with E-state index in [1.807, 2.05) is 13.0 Å². The fraction of sp³-hybridized carbons (Fsp3) is 0.650. The van der Waals surface area contributed by atoms with E-state index in [0.29, 0.717) is 24.2 Å². The predicted molar refractivity (Wildman–Crippen MR) is 109 cm³/mol. The van der Waals surface area contributed by atoms with Crippen LogP contribution in [0.3, 0.4) is 0 Å². The average Bonchev–Trinajstić information content (AvgIpc) is 2.95. The standard InChI is InChI=1S/C20H31N3O3S/c1-15-7-11-22(12-8-15)10-4-9-21-20(24)17-5-6-19-18(14-17)13-16(2)23(19)27(3,25)26/h5-6,14-16H,4,7-13H2,1-3H3,(H,21,24). The molecule has 0 aromatic heterocycles. The number of benzene rings is 1. The maximum Gasteiger partial charge on any atom is 0.251 e. The molecule has 1 unspecified atom stereocenters. The van der Waals surface area contributed by atoms with Crippen molar-refractivity contribution in [1.29, 1.82) is 0 Å². The SMILES string of the molecule is CC1CCN(CCCNC(=O)c2ccc3c(c2)CC(C)N3S(C)(=O)=O)CC1. The number of nitrogens with zero attached hydrogens (tertiary/aromatic N) is 2.